The Morgan fingerprint density at radius 2 is 2.11 bits per heavy atom. The van der Waals surface area contributed by atoms with Crippen molar-refractivity contribution in [3.8, 4) is 5.75 Å². The van der Waals surface area contributed by atoms with Crippen LogP contribution in [0.3, 0.4) is 0 Å². The summed E-state index contributed by atoms with van der Waals surface area (Å²) in [5.41, 5.74) is 8.47. The van der Waals surface area contributed by atoms with E-state index in [9.17, 15) is 0 Å². The van der Waals surface area contributed by atoms with Gasteiger partial charge in [0.1, 0.15) is 5.75 Å². The molecule has 1 fully saturated rings. The predicted octanol–water partition coefficient (Wildman–Crippen LogP) is 3.46. The average molecular weight is 262 g/mol. The summed E-state index contributed by atoms with van der Waals surface area (Å²) in [7, 11) is 0. The molecule has 2 unspecified atom stereocenters. The van der Waals surface area contributed by atoms with Crippen molar-refractivity contribution in [3.63, 3.8) is 0 Å². The molecule has 0 spiro atoms. The first-order valence-electron chi connectivity index (χ1n) is 7.34. The maximum Gasteiger partial charge on any atom is 0.120 e. The van der Waals surface area contributed by atoms with Gasteiger partial charge in [0.05, 0.1) is 6.10 Å². The normalized spacial score (nSPS) is 23.4. The van der Waals surface area contributed by atoms with Crippen LogP contribution >= 0.6 is 0 Å². The van der Waals surface area contributed by atoms with Crippen LogP contribution in [0.5, 0.6) is 5.75 Å². The van der Waals surface area contributed by atoms with Crippen molar-refractivity contribution in [1.82, 2.24) is 0 Å². The molecular weight excluding hydrogens is 236 g/mol. The molecule has 2 rings (SSSR count). The molecule has 0 aromatic heterocycles. The minimum absolute atomic E-state index is 0.217. The molecule has 2 atom stereocenters. The Bertz CT molecular complexity index is 417. The van der Waals surface area contributed by atoms with Crippen molar-refractivity contribution >= 4 is 5.69 Å². The van der Waals surface area contributed by atoms with E-state index in [2.05, 4.69) is 24.4 Å². The number of hydrogen-bond acceptors (Lipinski definition) is 3. The zero-order valence-corrected chi connectivity index (χ0v) is 12.3. The van der Waals surface area contributed by atoms with Gasteiger partial charge in [-0.2, -0.15) is 0 Å². The highest BCUT2D eigenvalue weighted by Crippen LogP contribution is 2.26. The Kier molecular flexibility index (Phi) is 4.70. The minimum Gasteiger partial charge on any atom is -0.491 e. The summed E-state index contributed by atoms with van der Waals surface area (Å²) in [4.78, 5) is 0. The summed E-state index contributed by atoms with van der Waals surface area (Å²) in [5.74, 6) is 0.943. The molecule has 0 aliphatic heterocycles. The summed E-state index contributed by atoms with van der Waals surface area (Å²) in [6.45, 7) is 6.22. The second kappa shape index (κ2) is 6.29. The third-order valence-corrected chi connectivity index (χ3v) is 3.64. The van der Waals surface area contributed by atoms with Crippen LogP contribution in [0.15, 0.2) is 18.2 Å². The number of aryl methyl sites for hydroxylation is 1. The molecule has 19 heavy (non-hydrogen) atoms. The fourth-order valence-electron chi connectivity index (χ4n) is 2.72. The van der Waals surface area contributed by atoms with Gasteiger partial charge in [0.2, 0.25) is 0 Å². The van der Waals surface area contributed by atoms with Crippen LogP contribution in [-0.2, 0) is 0 Å². The Balaban J connectivity index is 2.00. The maximum atomic E-state index is 6.04. The standard InChI is InChI=1S/C16H26N2O/c1-11(2)19-15-7-8-16(12(3)9-15)18-14-6-4-5-13(17)10-14/h7-9,11,13-14,18H,4-6,10,17H2,1-3H3. The van der Waals surface area contributed by atoms with E-state index in [1.807, 2.05) is 19.9 Å². The van der Waals surface area contributed by atoms with E-state index in [0.29, 0.717) is 12.1 Å². The first-order chi connectivity index (χ1) is 9.04. The molecular formula is C16H26N2O. The number of nitrogens with one attached hydrogen (secondary N) is 1. The largest absolute Gasteiger partial charge is 0.491 e. The predicted molar refractivity (Wildman–Crippen MR) is 80.8 cm³/mol. The second-order valence-corrected chi connectivity index (χ2v) is 5.91. The molecule has 1 aromatic carbocycles. The molecule has 0 radical (unpaired) electrons. The van der Waals surface area contributed by atoms with E-state index in [-0.39, 0.29) is 6.10 Å². The number of hydrogen-bond donors (Lipinski definition) is 2. The van der Waals surface area contributed by atoms with Crippen LogP contribution in [0.2, 0.25) is 0 Å². The maximum absolute atomic E-state index is 6.04. The molecule has 106 valence electrons. The first-order valence-corrected chi connectivity index (χ1v) is 7.34. The number of anilines is 1. The van der Waals surface area contributed by atoms with Crippen molar-refractivity contribution in [2.45, 2.75) is 64.6 Å². The van der Waals surface area contributed by atoms with Gasteiger partial charge in [0.15, 0.2) is 0 Å². The molecule has 1 aliphatic carbocycles. The Morgan fingerprint density at radius 3 is 2.74 bits per heavy atom. The lowest BCUT2D eigenvalue weighted by molar-refractivity contribution is 0.242. The van der Waals surface area contributed by atoms with E-state index in [0.717, 1.165) is 12.2 Å². The van der Waals surface area contributed by atoms with Crippen molar-refractivity contribution in [2.75, 3.05) is 5.32 Å². The first kappa shape index (κ1) is 14.2. The van der Waals surface area contributed by atoms with Crippen LogP contribution in [0.1, 0.15) is 45.1 Å². The number of ether oxygens (including phenoxy) is 1. The van der Waals surface area contributed by atoms with E-state index < -0.39 is 0 Å². The lowest BCUT2D eigenvalue weighted by Crippen LogP contribution is -2.35. The highest BCUT2D eigenvalue weighted by molar-refractivity contribution is 5.54. The van der Waals surface area contributed by atoms with Crippen molar-refractivity contribution < 1.29 is 4.74 Å². The van der Waals surface area contributed by atoms with Gasteiger partial charge in [-0.25, -0.2) is 0 Å². The van der Waals surface area contributed by atoms with E-state index in [1.165, 1.54) is 30.5 Å². The fraction of sp³-hybridized carbons (Fsp3) is 0.625. The molecule has 0 bridgehead atoms. The van der Waals surface area contributed by atoms with Crippen LogP contribution < -0.4 is 15.8 Å². The number of benzene rings is 1. The number of nitrogens with two attached hydrogens (primary N) is 1. The lowest BCUT2D eigenvalue weighted by Gasteiger charge is -2.28. The van der Waals surface area contributed by atoms with Gasteiger partial charge < -0.3 is 15.8 Å². The second-order valence-electron chi connectivity index (χ2n) is 5.91. The van der Waals surface area contributed by atoms with Gasteiger partial charge >= 0.3 is 0 Å². The topological polar surface area (TPSA) is 47.3 Å². The van der Waals surface area contributed by atoms with Gasteiger partial charge in [0.25, 0.3) is 0 Å². The van der Waals surface area contributed by atoms with Gasteiger partial charge in [-0.1, -0.05) is 0 Å². The molecule has 0 heterocycles. The summed E-state index contributed by atoms with van der Waals surface area (Å²) >= 11 is 0. The molecule has 0 amide bonds. The Hall–Kier alpha value is -1.22. The van der Waals surface area contributed by atoms with Crippen molar-refractivity contribution in [3.05, 3.63) is 23.8 Å². The van der Waals surface area contributed by atoms with Crippen LogP contribution in [-0.4, -0.2) is 18.2 Å². The van der Waals surface area contributed by atoms with Crippen molar-refractivity contribution in [1.29, 1.82) is 0 Å². The summed E-state index contributed by atoms with van der Waals surface area (Å²) in [5, 5.41) is 3.62. The molecule has 1 aliphatic rings. The van der Waals surface area contributed by atoms with Crippen LogP contribution in [0, 0.1) is 6.92 Å². The average Bonchev–Trinajstić information content (AvgIpc) is 2.32. The van der Waals surface area contributed by atoms with Gasteiger partial charge in [-0.05, 0) is 70.2 Å². The SMILES string of the molecule is Cc1cc(OC(C)C)ccc1NC1CCCC(N)C1. The highest BCUT2D eigenvalue weighted by Gasteiger charge is 2.19. The summed E-state index contributed by atoms with van der Waals surface area (Å²) in [6, 6.07) is 7.13. The lowest BCUT2D eigenvalue weighted by atomic mass is 9.91. The molecule has 3 heteroatoms. The smallest absolute Gasteiger partial charge is 0.120 e. The quantitative estimate of drug-likeness (QED) is 0.873. The molecule has 0 saturated heterocycles. The third-order valence-electron chi connectivity index (χ3n) is 3.64. The summed E-state index contributed by atoms with van der Waals surface area (Å²) in [6.07, 6.45) is 4.90. The van der Waals surface area contributed by atoms with E-state index >= 15 is 0 Å². The molecule has 3 nitrogen and oxygen atoms in total. The molecule has 3 N–H and O–H groups in total. The third kappa shape index (κ3) is 4.13. The monoisotopic (exact) mass is 262 g/mol. The van der Waals surface area contributed by atoms with E-state index in [1.54, 1.807) is 0 Å². The Labute approximate surface area is 116 Å². The van der Waals surface area contributed by atoms with Crippen molar-refractivity contribution in [2.24, 2.45) is 5.73 Å². The number of rotatable bonds is 4. The highest BCUT2D eigenvalue weighted by atomic mass is 16.5. The zero-order chi connectivity index (χ0) is 13.8. The van der Waals surface area contributed by atoms with Gasteiger partial charge in [-0.15, -0.1) is 0 Å². The zero-order valence-electron chi connectivity index (χ0n) is 12.3. The van der Waals surface area contributed by atoms with Gasteiger partial charge in [-0.3, -0.25) is 0 Å². The Morgan fingerprint density at radius 1 is 1.32 bits per heavy atom. The molecule has 1 aromatic rings. The minimum atomic E-state index is 0.217. The van der Waals surface area contributed by atoms with Crippen LogP contribution in [0.25, 0.3) is 0 Å². The molecule has 1 saturated carbocycles. The fourth-order valence-corrected chi connectivity index (χ4v) is 2.72. The summed E-state index contributed by atoms with van der Waals surface area (Å²) < 4.78 is 5.71. The van der Waals surface area contributed by atoms with Gasteiger partial charge in [0, 0.05) is 17.8 Å². The van der Waals surface area contributed by atoms with E-state index in [4.69, 9.17) is 10.5 Å². The van der Waals surface area contributed by atoms with Crippen LogP contribution in [0.4, 0.5) is 5.69 Å².